The summed E-state index contributed by atoms with van der Waals surface area (Å²) in [6.07, 6.45) is 1.87. The average Bonchev–Trinajstić information content (AvgIpc) is 3.13. The van der Waals surface area contributed by atoms with E-state index in [1.165, 1.54) is 4.88 Å². The molecule has 2 rings (SSSR count). The lowest BCUT2D eigenvalue weighted by atomic mass is 9.98. The molecule has 1 fully saturated rings. The first kappa shape index (κ1) is 19.7. The highest BCUT2D eigenvalue weighted by Crippen LogP contribution is 2.23. The molecule has 0 spiro atoms. The standard InChI is InChI=1S/C18H30N4O2S/c1-5-24-17(23)14-8-6-10-22(13-14)18(19-2)20-12-15(21(3)4)16-9-7-11-25-16/h7,9,11,14-15H,5-6,8,10,12-13H2,1-4H3,(H,19,20). The van der Waals surface area contributed by atoms with Crippen molar-refractivity contribution >= 4 is 23.3 Å². The first-order chi connectivity index (χ1) is 12.1. The fraction of sp³-hybridized carbons (Fsp3) is 0.667. The van der Waals surface area contributed by atoms with Gasteiger partial charge in [-0.1, -0.05) is 6.07 Å². The molecule has 0 bridgehead atoms. The third kappa shape index (κ3) is 5.44. The highest BCUT2D eigenvalue weighted by atomic mass is 32.1. The summed E-state index contributed by atoms with van der Waals surface area (Å²) in [5.74, 6) is 0.707. The second-order valence-electron chi connectivity index (χ2n) is 6.46. The van der Waals surface area contributed by atoms with E-state index in [0.717, 1.165) is 31.9 Å². The van der Waals surface area contributed by atoms with Gasteiger partial charge in [0.2, 0.25) is 0 Å². The summed E-state index contributed by atoms with van der Waals surface area (Å²) >= 11 is 1.77. The fourth-order valence-corrected chi connectivity index (χ4v) is 4.08. The molecule has 25 heavy (non-hydrogen) atoms. The van der Waals surface area contributed by atoms with Crippen molar-refractivity contribution in [2.75, 3.05) is 47.4 Å². The summed E-state index contributed by atoms with van der Waals surface area (Å²) in [5.41, 5.74) is 0. The number of hydrogen-bond donors (Lipinski definition) is 1. The van der Waals surface area contributed by atoms with Crippen molar-refractivity contribution in [3.05, 3.63) is 22.4 Å². The number of likely N-dealkylation sites (tertiary alicyclic amines) is 1. The van der Waals surface area contributed by atoms with Gasteiger partial charge in [-0.05, 0) is 45.3 Å². The van der Waals surface area contributed by atoms with Gasteiger partial charge in [-0.3, -0.25) is 9.79 Å². The average molecular weight is 367 g/mol. The monoisotopic (exact) mass is 366 g/mol. The van der Waals surface area contributed by atoms with E-state index in [1.54, 1.807) is 18.4 Å². The Morgan fingerprint density at radius 3 is 2.96 bits per heavy atom. The number of carbonyl (C=O) groups excluding carboxylic acids is 1. The Hall–Kier alpha value is -1.60. The van der Waals surface area contributed by atoms with Gasteiger partial charge in [0.25, 0.3) is 0 Å². The molecule has 0 radical (unpaired) electrons. The molecule has 0 amide bonds. The van der Waals surface area contributed by atoms with E-state index in [4.69, 9.17) is 4.74 Å². The van der Waals surface area contributed by atoms with Crippen molar-refractivity contribution < 1.29 is 9.53 Å². The van der Waals surface area contributed by atoms with Crippen LogP contribution in [-0.2, 0) is 9.53 Å². The van der Waals surface area contributed by atoms with E-state index in [-0.39, 0.29) is 11.9 Å². The van der Waals surface area contributed by atoms with Gasteiger partial charge >= 0.3 is 5.97 Å². The number of hydrogen-bond acceptors (Lipinski definition) is 5. The summed E-state index contributed by atoms with van der Waals surface area (Å²) < 4.78 is 5.19. The molecule has 1 aromatic heterocycles. The van der Waals surface area contributed by atoms with Crippen LogP contribution in [0.3, 0.4) is 0 Å². The zero-order chi connectivity index (χ0) is 18.2. The first-order valence-electron chi connectivity index (χ1n) is 8.88. The highest BCUT2D eigenvalue weighted by Gasteiger charge is 2.28. The molecule has 0 saturated carbocycles. The lowest BCUT2D eigenvalue weighted by Crippen LogP contribution is -2.49. The van der Waals surface area contributed by atoms with Crippen LogP contribution in [0.15, 0.2) is 22.5 Å². The second kappa shape index (κ2) is 9.77. The van der Waals surface area contributed by atoms with Crippen molar-refractivity contribution in [2.24, 2.45) is 10.9 Å². The van der Waals surface area contributed by atoms with Crippen molar-refractivity contribution in [1.29, 1.82) is 0 Å². The van der Waals surface area contributed by atoms with E-state index in [2.05, 4.69) is 51.7 Å². The van der Waals surface area contributed by atoms with Gasteiger partial charge in [-0.2, -0.15) is 0 Å². The quantitative estimate of drug-likeness (QED) is 0.475. The maximum atomic E-state index is 12.1. The van der Waals surface area contributed by atoms with Crippen LogP contribution in [0.5, 0.6) is 0 Å². The number of likely N-dealkylation sites (N-methyl/N-ethyl adjacent to an activating group) is 1. The van der Waals surface area contributed by atoms with Crippen molar-refractivity contribution in [1.82, 2.24) is 15.1 Å². The third-order valence-corrected chi connectivity index (χ3v) is 5.47. The van der Waals surface area contributed by atoms with Gasteiger partial charge in [-0.15, -0.1) is 11.3 Å². The van der Waals surface area contributed by atoms with Gasteiger partial charge in [0.15, 0.2) is 5.96 Å². The third-order valence-electron chi connectivity index (χ3n) is 4.50. The molecule has 0 aliphatic carbocycles. The SMILES string of the molecule is CCOC(=O)C1CCCN(C(=NC)NCC(c2cccs2)N(C)C)C1. The first-order valence-corrected chi connectivity index (χ1v) is 9.76. The van der Waals surface area contributed by atoms with Crippen LogP contribution >= 0.6 is 11.3 Å². The minimum absolute atomic E-state index is 0.0609. The number of carbonyl (C=O) groups is 1. The summed E-state index contributed by atoms with van der Waals surface area (Å²) in [5, 5.41) is 5.60. The van der Waals surface area contributed by atoms with Crippen LogP contribution in [-0.4, -0.2) is 69.1 Å². The van der Waals surface area contributed by atoms with Crippen LogP contribution in [0.2, 0.25) is 0 Å². The Morgan fingerprint density at radius 2 is 2.36 bits per heavy atom. The smallest absolute Gasteiger partial charge is 0.310 e. The van der Waals surface area contributed by atoms with Crippen molar-refractivity contribution in [2.45, 2.75) is 25.8 Å². The number of esters is 1. The molecule has 2 unspecified atom stereocenters. The van der Waals surface area contributed by atoms with Crippen LogP contribution in [0.1, 0.15) is 30.7 Å². The van der Waals surface area contributed by atoms with Crippen LogP contribution in [0, 0.1) is 5.92 Å². The molecule has 2 heterocycles. The number of rotatable bonds is 6. The van der Waals surface area contributed by atoms with Crippen LogP contribution in [0.4, 0.5) is 0 Å². The summed E-state index contributed by atoms with van der Waals surface area (Å²) in [4.78, 5) is 22.2. The van der Waals surface area contributed by atoms with E-state index in [1.807, 2.05) is 6.92 Å². The maximum Gasteiger partial charge on any atom is 0.310 e. The zero-order valence-electron chi connectivity index (χ0n) is 15.7. The predicted octanol–water partition coefficient (Wildman–Crippen LogP) is 2.20. The molecule has 1 saturated heterocycles. The Kier molecular flexibility index (Phi) is 7.71. The Bertz CT molecular complexity index is 559. The number of aliphatic imine (C=N–C) groups is 1. The molecular weight excluding hydrogens is 336 g/mol. The number of thiophene rings is 1. The summed E-state index contributed by atoms with van der Waals surface area (Å²) in [6, 6.07) is 4.54. The molecule has 1 N–H and O–H groups in total. The van der Waals surface area contributed by atoms with E-state index in [9.17, 15) is 4.79 Å². The number of piperidine rings is 1. The molecule has 0 aromatic carbocycles. The lowest BCUT2D eigenvalue weighted by molar-refractivity contribution is -0.149. The van der Waals surface area contributed by atoms with Crippen molar-refractivity contribution in [3.8, 4) is 0 Å². The van der Waals surface area contributed by atoms with Gasteiger partial charge in [0.05, 0.1) is 18.6 Å². The van der Waals surface area contributed by atoms with Gasteiger partial charge in [0, 0.05) is 31.6 Å². The zero-order valence-corrected chi connectivity index (χ0v) is 16.5. The fourth-order valence-electron chi connectivity index (χ4n) is 3.16. The normalized spacial score (nSPS) is 19.8. The summed E-state index contributed by atoms with van der Waals surface area (Å²) in [6.45, 7) is 4.66. The van der Waals surface area contributed by atoms with Crippen LogP contribution in [0.25, 0.3) is 0 Å². The number of nitrogens with one attached hydrogen (secondary N) is 1. The molecule has 1 aromatic rings. The summed E-state index contributed by atoms with van der Waals surface area (Å²) in [7, 11) is 5.98. The number of ether oxygens (including phenoxy) is 1. The number of nitrogens with zero attached hydrogens (tertiary/aromatic N) is 3. The van der Waals surface area contributed by atoms with Gasteiger partial charge < -0.3 is 19.9 Å². The van der Waals surface area contributed by atoms with Gasteiger partial charge in [0.1, 0.15) is 0 Å². The molecule has 140 valence electrons. The molecule has 2 atom stereocenters. The number of guanidine groups is 1. The second-order valence-corrected chi connectivity index (χ2v) is 7.44. The minimum Gasteiger partial charge on any atom is -0.466 e. The molecular formula is C18H30N4O2S. The highest BCUT2D eigenvalue weighted by molar-refractivity contribution is 7.10. The van der Waals surface area contributed by atoms with E-state index < -0.39 is 0 Å². The predicted molar refractivity (Wildman–Crippen MR) is 103 cm³/mol. The topological polar surface area (TPSA) is 57.2 Å². The Labute approximate surface area is 154 Å². The molecule has 1 aliphatic rings. The Morgan fingerprint density at radius 1 is 1.56 bits per heavy atom. The van der Waals surface area contributed by atoms with Gasteiger partial charge in [-0.25, -0.2) is 0 Å². The van der Waals surface area contributed by atoms with Crippen LogP contribution < -0.4 is 5.32 Å². The molecule has 1 aliphatic heterocycles. The molecule has 7 heteroatoms. The lowest BCUT2D eigenvalue weighted by Gasteiger charge is -2.35. The van der Waals surface area contributed by atoms with E-state index in [0.29, 0.717) is 19.2 Å². The minimum atomic E-state index is -0.0904. The molecule has 6 nitrogen and oxygen atoms in total. The van der Waals surface area contributed by atoms with E-state index >= 15 is 0 Å². The maximum absolute atomic E-state index is 12.1. The Balaban J connectivity index is 1.96. The van der Waals surface area contributed by atoms with Crippen molar-refractivity contribution in [3.63, 3.8) is 0 Å². The largest absolute Gasteiger partial charge is 0.466 e.